The van der Waals surface area contributed by atoms with E-state index in [-0.39, 0.29) is 15.7 Å². The van der Waals surface area contributed by atoms with Gasteiger partial charge in [0.15, 0.2) is 9.84 Å². The van der Waals surface area contributed by atoms with Crippen LogP contribution in [-0.2, 0) is 9.84 Å². The minimum Gasteiger partial charge on any atom is -0.399 e. The molecule has 2 rings (SSSR count). The molecule has 1 saturated carbocycles. The van der Waals surface area contributed by atoms with E-state index in [1.165, 1.54) is 12.1 Å². The van der Waals surface area contributed by atoms with Crippen molar-refractivity contribution in [3.63, 3.8) is 0 Å². The molecule has 2 N–H and O–H groups in total. The highest BCUT2D eigenvalue weighted by atomic mass is 35.5. The number of nitrogens with two attached hydrogens (primary N) is 1. The Bertz CT molecular complexity index is 495. The van der Waals surface area contributed by atoms with Crippen LogP contribution in [0.4, 0.5) is 5.69 Å². The van der Waals surface area contributed by atoms with E-state index < -0.39 is 9.84 Å². The van der Waals surface area contributed by atoms with E-state index in [0.717, 1.165) is 19.3 Å². The molecule has 1 fully saturated rings. The lowest BCUT2D eigenvalue weighted by molar-refractivity contribution is 0.590. The number of benzene rings is 1. The van der Waals surface area contributed by atoms with Gasteiger partial charge in [0.2, 0.25) is 0 Å². The monoisotopic (exact) mass is 259 g/mol. The summed E-state index contributed by atoms with van der Waals surface area (Å²) in [6, 6.07) is 4.56. The first-order chi connectivity index (χ1) is 7.49. The number of sulfone groups is 1. The van der Waals surface area contributed by atoms with Gasteiger partial charge in [-0.15, -0.1) is 0 Å². The van der Waals surface area contributed by atoms with Crippen molar-refractivity contribution in [1.82, 2.24) is 0 Å². The molecule has 0 aromatic heterocycles. The number of halogens is 1. The van der Waals surface area contributed by atoms with Crippen molar-refractivity contribution in [3.05, 3.63) is 23.2 Å². The van der Waals surface area contributed by atoms with E-state index in [1.54, 1.807) is 6.07 Å². The average molecular weight is 260 g/mol. The van der Waals surface area contributed by atoms with E-state index >= 15 is 0 Å². The van der Waals surface area contributed by atoms with Gasteiger partial charge in [0.05, 0.1) is 15.7 Å². The zero-order valence-electron chi connectivity index (χ0n) is 8.82. The number of rotatable bonds is 4. The van der Waals surface area contributed by atoms with Crippen LogP contribution in [0.15, 0.2) is 23.1 Å². The number of nitrogen functional groups attached to an aromatic ring is 1. The van der Waals surface area contributed by atoms with Gasteiger partial charge in [0, 0.05) is 5.69 Å². The molecular weight excluding hydrogens is 246 g/mol. The Morgan fingerprint density at radius 3 is 2.69 bits per heavy atom. The first kappa shape index (κ1) is 11.7. The van der Waals surface area contributed by atoms with Gasteiger partial charge in [-0.1, -0.05) is 24.4 Å². The molecule has 0 radical (unpaired) electrons. The largest absolute Gasteiger partial charge is 0.399 e. The molecule has 1 aliphatic carbocycles. The molecular formula is C11H14ClNO2S. The molecule has 0 spiro atoms. The zero-order valence-corrected chi connectivity index (χ0v) is 10.4. The average Bonchev–Trinajstić information content (AvgIpc) is 3.02. The van der Waals surface area contributed by atoms with Crippen molar-refractivity contribution in [2.24, 2.45) is 5.92 Å². The molecule has 16 heavy (non-hydrogen) atoms. The van der Waals surface area contributed by atoms with E-state index in [0.29, 0.717) is 11.6 Å². The van der Waals surface area contributed by atoms with Crippen LogP contribution in [0.2, 0.25) is 5.02 Å². The first-order valence-corrected chi connectivity index (χ1v) is 7.30. The second-order valence-electron chi connectivity index (χ2n) is 4.24. The summed E-state index contributed by atoms with van der Waals surface area (Å²) in [6.07, 6.45) is 3.04. The Balaban J connectivity index is 2.22. The Hall–Kier alpha value is -0.740. The van der Waals surface area contributed by atoms with Gasteiger partial charge >= 0.3 is 0 Å². The molecule has 0 atom stereocenters. The molecule has 1 aromatic carbocycles. The topological polar surface area (TPSA) is 60.2 Å². The third kappa shape index (κ3) is 2.68. The van der Waals surface area contributed by atoms with E-state index in [2.05, 4.69) is 0 Å². The Morgan fingerprint density at radius 1 is 1.38 bits per heavy atom. The Morgan fingerprint density at radius 2 is 2.06 bits per heavy atom. The second kappa shape index (κ2) is 4.26. The van der Waals surface area contributed by atoms with Crippen molar-refractivity contribution in [1.29, 1.82) is 0 Å². The fourth-order valence-electron chi connectivity index (χ4n) is 1.60. The van der Waals surface area contributed by atoms with Crippen molar-refractivity contribution < 1.29 is 8.42 Å². The lowest BCUT2D eigenvalue weighted by atomic mass is 10.3. The van der Waals surface area contributed by atoms with Gasteiger partial charge in [-0.2, -0.15) is 0 Å². The number of hydrogen-bond donors (Lipinski definition) is 1. The molecule has 0 saturated heterocycles. The molecule has 0 amide bonds. The lowest BCUT2D eigenvalue weighted by Crippen LogP contribution is -2.08. The summed E-state index contributed by atoms with van der Waals surface area (Å²) in [5.74, 6) is 0.760. The van der Waals surface area contributed by atoms with Gasteiger partial charge in [-0.05, 0) is 30.5 Å². The SMILES string of the molecule is Nc1ccc(Cl)c(S(=O)(=O)CCC2CC2)c1. The fourth-order valence-corrected chi connectivity index (χ4v) is 3.61. The van der Waals surface area contributed by atoms with Crippen LogP contribution < -0.4 is 5.73 Å². The summed E-state index contributed by atoms with van der Waals surface area (Å²) >= 11 is 5.88. The van der Waals surface area contributed by atoms with Gasteiger partial charge < -0.3 is 5.73 Å². The highest BCUT2D eigenvalue weighted by Crippen LogP contribution is 2.34. The van der Waals surface area contributed by atoms with Crippen molar-refractivity contribution in [2.45, 2.75) is 24.2 Å². The number of anilines is 1. The maximum atomic E-state index is 12.0. The second-order valence-corrected chi connectivity index (χ2v) is 6.73. The Kier molecular flexibility index (Phi) is 3.13. The zero-order chi connectivity index (χ0) is 11.8. The smallest absolute Gasteiger partial charge is 0.179 e. The lowest BCUT2D eigenvalue weighted by Gasteiger charge is -2.06. The van der Waals surface area contributed by atoms with Crippen LogP contribution in [-0.4, -0.2) is 14.2 Å². The summed E-state index contributed by atoms with van der Waals surface area (Å²) in [7, 11) is -3.28. The van der Waals surface area contributed by atoms with E-state index in [4.69, 9.17) is 17.3 Å². The molecule has 5 heteroatoms. The van der Waals surface area contributed by atoms with Gasteiger partial charge in [0.1, 0.15) is 0 Å². The van der Waals surface area contributed by atoms with Crippen LogP contribution in [0.25, 0.3) is 0 Å². The molecule has 0 aliphatic heterocycles. The Labute approximate surface area is 101 Å². The van der Waals surface area contributed by atoms with Gasteiger partial charge in [-0.3, -0.25) is 0 Å². The molecule has 0 bridgehead atoms. The van der Waals surface area contributed by atoms with Crippen molar-refractivity contribution in [2.75, 3.05) is 11.5 Å². The normalized spacial score (nSPS) is 16.3. The van der Waals surface area contributed by atoms with E-state index in [1.807, 2.05) is 0 Å². The summed E-state index contributed by atoms with van der Waals surface area (Å²) in [4.78, 5) is 0.162. The fraction of sp³-hybridized carbons (Fsp3) is 0.455. The molecule has 3 nitrogen and oxygen atoms in total. The standard InChI is InChI=1S/C11H14ClNO2S/c12-10-4-3-9(13)7-11(10)16(14,15)6-5-8-1-2-8/h3-4,7-8H,1-2,5-6,13H2. The van der Waals surface area contributed by atoms with Crippen LogP contribution in [0.1, 0.15) is 19.3 Å². The highest BCUT2D eigenvalue weighted by Gasteiger charge is 2.25. The summed E-state index contributed by atoms with van der Waals surface area (Å²) in [5.41, 5.74) is 5.99. The van der Waals surface area contributed by atoms with Gasteiger partial charge in [0.25, 0.3) is 0 Å². The maximum absolute atomic E-state index is 12.0. The predicted molar refractivity (Wildman–Crippen MR) is 65.3 cm³/mol. The maximum Gasteiger partial charge on any atom is 0.179 e. The first-order valence-electron chi connectivity index (χ1n) is 5.27. The summed E-state index contributed by atoms with van der Waals surface area (Å²) in [5, 5.41) is 0.255. The number of hydrogen-bond acceptors (Lipinski definition) is 3. The molecule has 88 valence electrons. The van der Waals surface area contributed by atoms with E-state index in [9.17, 15) is 8.42 Å². The molecule has 1 aromatic rings. The van der Waals surface area contributed by atoms with Crippen LogP contribution >= 0.6 is 11.6 Å². The summed E-state index contributed by atoms with van der Waals surface area (Å²) < 4.78 is 24.0. The predicted octanol–water partition coefficient (Wildman–Crippen LogP) is 2.50. The third-order valence-electron chi connectivity index (χ3n) is 2.78. The third-order valence-corrected chi connectivity index (χ3v) is 5.00. The van der Waals surface area contributed by atoms with Crippen molar-refractivity contribution in [3.8, 4) is 0 Å². The molecule has 1 aliphatic rings. The van der Waals surface area contributed by atoms with Crippen LogP contribution in [0, 0.1) is 5.92 Å². The minimum absolute atomic E-state index is 0.162. The quantitative estimate of drug-likeness (QED) is 0.845. The van der Waals surface area contributed by atoms with Crippen LogP contribution in [0.5, 0.6) is 0 Å². The van der Waals surface area contributed by atoms with Crippen molar-refractivity contribution >= 4 is 27.1 Å². The summed E-state index contributed by atoms with van der Waals surface area (Å²) in [6.45, 7) is 0. The highest BCUT2D eigenvalue weighted by molar-refractivity contribution is 7.91. The molecule has 0 unspecified atom stereocenters. The van der Waals surface area contributed by atoms with Gasteiger partial charge in [-0.25, -0.2) is 8.42 Å². The molecule has 0 heterocycles. The van der Waals surface area contributed by atoms with Crippen LogP contribution in [0.3, 0.4) is 0 Å². The minimum atomic E-state index is -3.28.